The summed E-state index contributed by atoms with van der Waals surface area (Å²) in [7, 11) is 1.36. The summed E-state index contributed by atoms with van der Waals surface area (Å²) in [6, 6.07) is 0. The van der Waals surface area contributed by atoms with Crippen molar-refractivity contribution in [3.63, 3.8) is 0 Å². The largest absolute Gasteiger partial charge is 0.471 e. The van der Waals surface area contributed by atoms with Crippen LogP contribution in [0.3, 0.4) is 0 Å². The molecule has 0 aliphatic rings. The van der Waals surface area contributed by atoms with E-state index < -0.39 is 17.7 Å². The molecule has 0 aromatic rings. The van der Waals surface area contributed by atoms with Gasteiger partial charge in [-0.15, -0.1) is 0 Å². The molecule has 0 radical (unpaired) electrons. The number of ether oxygens (including phenoxy) is 1. The highest BCUT2D eigenvalue weighted by Gasteiger charge is 2.39. The van der Waals surface area contributed by atoms with Gasteiger partial charge in [0.1, 0.15) is 0 Å². The van der Waals surface area contributed by atoms with Gasteiger partial charge in [-0.25, -0.2) is 0 Å². The van der Waals surface area contributed by atoms with Gasteiger partial charge in [0.15, 0.2) is 0 Å². The predicted molar refractivity (Wildman–Crippen MR) is 40.2 cm³/mol. The van der Waals surface area contributed by atoms with Crippen molar-refractivity contribution in [3.8, 4) is 0 Å². The average Bonchev–Trinajstić information content (AvgIpc) is 1.98. The fourth-order valence-corrected chi connectivity index (χ4v) is 0.466. The summed E-state index contributed by atoms with van der Waals surface area (Å²) in [4.78, 5) is 10.3. The number of halogens is 3. The van der Waals surface area contributed by atoms with Gasteiger partial charge >= 0.3 is 12.1 Å². The molecule has 0 rings (SSSR count). The van der Waals surface area contributed by atoms with E-state index in [9.17, 15) is 18.0 Å². The SMILES string of the molecule is COC(C)(C)CNC(=O)C(F)(F)F. The molecule has 0 spiro atoms. The molecule has 78 valence electrons. The molecule has 0 aliphatic heterocycles. The first kappa shape index (κ1) is 12.2. The number of methoxy groups -OCH3 is 1. The van der Waals surface area contributed by atoms with E-state index >= 15 is 0 Å². The fourth-order valence-electron chi connectivity index (χ4n) is 0.466. The predicted octanol–water partition coefficient (Wildman–Crippen LogP) is 1.09. The molecule has 13 heavy (non-hydrogen) atoms. The summed E-state index contributed by atoms with van der Waals surface area (Å²) in [6.07, 6.45) is -4.83. The Morgan fingerprint density at radius 2 is 1.85 bits per heavy atom. The van der Waals surface area contributed by atoms with Crippen LogP contribution in [0.4, 0.5) is 13.2 Å². The Morgan fingerprint density at radius 1 is 1.38 bits per heavy atom. The summed E-state index contributed by atoms with van der Waals surface area (Å²) in [6.45, 7) is 2.97. The smallest absolute Gasteiger partial charge is 0.377 e. The van der Waals surface area contributed by atoms with E-state index in [-0.39, 0.29) is 6.54 Å². The van der Waals surface area contributed by atoms with Gasteiger partial charge in [0, 0.05) is 13.7 Å². The summed E-state index contributed by atoms with van der Waals surface area (Å²) in [5.74, 6) is -1.95. The monoisotopic (exact) mass is 199 g/mol. The van der Waals surface area contributed by atoms with Crippen LogP contribution in [0.15, 0.2) is 0 Å². The Balaban J connectivity index is 3.98. The molecule has 0 saturated heterocycles. The van der Waals surface area contributed by atoms with Crippen molar-refractivity contribution in [1.82, 2.24) is 5.32 Å². The van der Waals surface area contributed by atoms with Crippen LogP contribution in [-0.4, -0.2) is 31.3 Å². The van der Waals surface area contributed by atoms with Gasteiger partial charge in [-0.05, 0) is 13.8 Å². The molecule has 3 nitrogen and oxygen atoms in total. The Morgan fingerprint density at radius 3 is 2.15 bits per heavy atom. The molecule has 0 aliphatic carbocycles. The summed E-state index contributed by atoms with van der Waals surface area (Å²) < 4.78 is 39.8. The molecule has 0 aromatic heterocycles. The number of carbonyl (C=O) groups is 1. The van der Waals surface area contributed by atoms with E-state index in [1.54, 1.807) is 19.2 Å². The van der Waals surface area contributed by atoms with Gasteiger partial charge in [-0.1, -0.05) is 0 Å². The topological polar surface area (TPSA) is 38.3 Å². The van der Waals surface area contributed by atoms with Crippen molar-refractivity contribution in [2.24, 2.45) is 0 Å². The van der Waals surface area contributed by atoms with Crippen molar-refractivity contribution in [3.05, 3.63) is 0 Å². The van der Waals surface area contributed by atoms with Crippen LogP contribution in [0.5, 0.6) is 0 Å². The Hall–Kier alpha value is -0.780. The molecular weight excluding hydrogens is 187 g/mol. The normalized spacial score (nSPS) is 12.8. The first-order chi connectivity index (χ1) is 5.69. The Labute approximate surface area is 74.3 Å². The average molecular weight is 199 g/mol. The van der Waals surface area contributed by atoms with Crippen molar-refractivity contribution < 1.29 is 22.7 Å². The molecular formula is C7H12F3NO2. The van der Waals surface area contributed by atoms with E-state index in [1.807, 2.05) is 0 Å². The van der Waals surface area contributed by atoms with Crippen LogP contribution < -0.4 is 5.32 Å². The number of nitrogens with one attached hydrogen (secondary N) is 1. The number of hydrogen-bond acceptors (Lipinski definition) is 2. The maximum absolute atomic E-state index is 11.7. The maximum Gasteiger partial charge on any atom is 0.471 e. The molecule has 6 heteroatoms. The van der Waals surface area contributed by atoms with Gasteiger partial charge in [0.25, 0.3) is 0 Å². The molecule has 0 unspecified atom stereocenters. The van der Waals surface area contributed by atoms with Crippen LogP contribution in [0.1, 0.15) is 13.8 Å². The third-order valence-electron chi connectivity index (χ3n) is 1.48. The summed E-state index contributed by atoms with van der Waals surface area (Å²) >= 11 is 0. The molecule has 1 amide bonds. The zero-order chi connectivity index (χ0) is 10.7. The molecule has 0 fully saturated rings. The first-order valence-corrected chi connectivity index (χ1v) is 3.59. The third-order valence-corrected chi connectivity index (χ3v) is 1.48. The number of alkyl halides is 3. The minimum Gasteiger partial charge on any atom is -0.377 e. The second kappa shape index (κ2) is 3.95. The van der Waals surface area contributed by atoms with Crippen molar-refractivity contribution in [1.29, 1.82) is 0 Å². The van der Waals surface area contributed by atoms with Crippen molar-refractivity contribution in [2.45, 2.75) is 25.6 Å². The highest BCUT2D eigenvalue weighted by Crippen LogP contribution is 2.14. The van der Waals surface area contributed by atoms with Gasteiger partial charge < -0.3 is 10.1 Å². The third kappa shape index (κ3) is 4.72. The van der Waals surface area contributed by atoms with Gasteiger partial charge in [0.2, 0.25) is 0 Å². The minimum atomic E-state index is -4.83. The van der Waals surface area contributed by atoms with E-state index in [1.165, 1.54) is 7.11 Å². The van der Waals surface area contributed by atoms with E-state index in [0.29, 0.717) is 0 Å². The van der Waals surface area contributed by atoms with Gasteiger partial charge in [-0.2, -0.15) is 13.2 Å². The molecule has 0 atom stereocenters. The number of carbonyl (C=O) groups excluding carboxylic acids is 1. The lowest BCUT2D eigenvalue weighted by atomic mass is 10.1. The minimum absolute atomic E-state index is 0.179. The van der Waals surface area contributed by atoms with Crippen LogP contribution >= 0.6 is 0 Å². The highest BCUT2D eigenvalue weighted by molar-refractivity contribution is 5.81. The zero-order valence-electron chi connectivity index (χ0n) is 7.66. The van der Waals surface area contributed by atoms with Crippen LogP contribution in [0.25, 0.3) is 0 Å². The van der Waals surface area contributed by atoms with Crippen LogP contribution in [-0.2, 0) is 9.53 Å². The second-order valence-corrected chi connectivity index (χ2v) is 3.14. The zero-order valence-corrected chi connectivity index (χ0v) is 7.66. The van der Waals surface area contributed by atoms with E-state index in [4.69, 9.17) is 4.74 Å². The molecule has 1 N–H and O–H groups in total. The van der Waals surface area contributed by atoms with Crippen molar-refractivity contribution in [2.75, 3.05) is 13.7 Å². The standard InChI is InChI=1S/C7H12F3NO2/c1-6(2,13-3)4-11-5(12)7(8,9)10/h4H2,1-3H3,(H,11,12). The molecule has 0 aromatic carbocycles. The second-order valence-electron chi connectivity index (χ2n) is 3.14. The summed E-state index contributed by atoms with van der Waals surface area (Å²) in [5.41, 5.74) is -0.791. The van der Waals surface area contributed by atoms with Crippen LogP contribution in [0, 0.1) is 0 Å². The summed E-state index contributed by atoms with van der Waals surface area (Å²) in [5, 5.41) is 1.72. The van der Waals surface area contributed by atoms with Crippen LogP contribution in [0.2, 0.25) is 0 Å². The van der Waals surface area contributed by atoms with Gasteiger partial charge in [-0.3, -0.25) is 4.79 Å². The Kier molecular flexibility index (Phi) is 3.71. The lowest BCUT2D eigenvalue weighted by Gasteiger charge is -2.23. The molecule has 0 saturated carbocycles. The molecule has 0 heterocycles. The lowest BCUT2D eigenvalue weighted by Crippen LogP contribution is -2.45. The fraction of sp³-hybridized carbons (Fsp3) is 0.857. The van der Waals surface area contributed by atoms with E-state index in [2.05, 4.69) is 0 Å². The quantitative estimate of drug-likeness (QED) is 0.738. The lowest BCUT2D eigenvalue weighted by molar-refractivity contribution is -0.174. The van der Waals surface area contributed by atoms with E-state index in [0.717, 1.165) is 0 Å². The Bertz CT molecular complexity index is 189. The highest BCUT2D eigenvalue weighted by atomic mass is 19.4. The number of hydrogen-bond donors (Lipinski definition) is 1. The maximum atomic E-state index is 11.7. The molecule has 0 bridgehead atoms. The van der Waals surface area contributed by atoms with Gasteiger partial charge in [0.05, 0.1) is 5.60 Å². The number of amides is 1. The van der Waals surface area contributed by atoms with Crippen molar-refractivity contribution >= 4 is 5.91 Å². The number of rotatable bonds is 3. The first-order valence-electron chi connectivity index (χ1n) is 3.59.